The molecule has 1 fully saturated rings. The van der Waals surface area contributed by atoms with Crippen molar-refractivity contribution in [1.29, 1.82) is 0 Å². The summed E-state index contributed by atoms with van der Waals surface area (Å²) in [5, 5.41) is 0. The predicted octanol–water partition coefficient (Wildman–Crippen LogP) is 0.0725. The Balaban J connectivity index is 1.84. The summed E-state index contributed by atoms with van der Waals surface area (Å²) in [5.74, 6) is 0. The van der Waals surface area contributed by atoms with Gasteiger partial charge in [-0.2, -0.15) is 0 Å². The fourth-order valence-electron chi connectivity index (χ4n) is 1.67. The highest BCUT2D eigenvalue weighted by molar-refractivity contribution is 4.77. The van der Waals surface area contributed by atoms with Crippen molar-refractivity contribution >= 4 is 0 Å². The van der Waals surface area contributed by atoms with Crippen LogP contribution in [0.25, 0.3) is 0 Å². The van der Waals surface area contributed by atoms with Gasteiger partial charge in [-0.15, -0.1) is 0 Å². The third-order valence-corrected chi connectivity index (χ3v) is 2.50. The van der Waals surface area contributed by atoms with E-state index in [1.54, 1.807) is 7.11 Å². The molecule has 0 aromatic heterocycles. The summed E-state index contributed by atoms with van der Waals surface area (Å²) >= 11 is 0. The zero-order chi connectivity index (χ0) is 10.2. The molecule has 4 nitrogen and oxygen atoms in total. The second kappa shape index (κ2) is 7.17. The number of hydrogen-bond acceptors (Lipinski definition) is 4. The van der Waals surface area contributed by atoms with Gasteiger partial charge >= 0.3 is 0 Å². The largest absolute Gasteiger partial charge is 0.385 e. The van der Waals surface area contributed by atoms with E-state index in [0.717, 1.165) is 52.3 Å². The molecule has 1 rings (SSSR count). The number of likely N-dealkylation sites (tertiary alicyclic amines) is 1. The van der Waals surface area contributed by atoms with Gasteiger partial charge < -0.3 is 15.2 Å². The maximum Gasteiger partial charge on any atom is 0.0593 e. The molecule has 0 aromatic rings. The number of rotatable bonds is 7. The molecule has 1 aliphatic heterocycles. The van der Waals surface area contributed by atoms with E-state index < -0.39 is 0 Å². The van der Waals surface area contributed by atoms with Crippen LogP contribution in [0, 0.1) is 0 Å². The molecule has 1 aliphatic rings. The van der Waals surface area contributed by atoms with Crippen LogP contribution in [0.2, 0.25) is 0 Å². The van der Waals surface area contributed by atoms with Crippen molar-refractivity contribution in [2.75, 3.05) is 46.6 Å². The van der Waals surface area contributed by atoms with Crippen molar-refractivity contribution in [3.05, 3.63) is 0 Å². The van der Waals surface area contributed by atoms with Gasteiger partial charge in [-0.3, -0.25) is 4.90 Å². The van der Waals surface area contributed by atoms with Crippen LogP contribution in [-0.2, 0) is 9.47 Å². The average Bonchev–Trinajstić information content (AvgIpc) is 2.58. The summed E-state index contributed by atoms with van der Waals surface area (Å²) in [7, 11) is 1.71. The van der Waals surface area contributed by atoms with E-state index in [9.17, 15) is 0 Å². The van der Waals surface area contributed by atoms with Crippen molar-refractivity contribution in [2.24, 2.45) is 5.73 Å². The normalized spacial score (nSPS) is 23.1. The maximum absolute atomic E-state index is 5.80. The first-order chi connectivity index (χ1) is 6.83. The van der Waals surface area contributed by atoms with E-state index in [1.165, 1.54) is 0 Å². The SMILES string of the molecule is COCCCOCCN1CC[C@@H](N)C1. The highest BCUT2D eigenvalue weighted by Gasteiger charge is 2.17. The van der Waals surface area contributed by atoms with Gasteiger partial charge in [0.2, 0.25) is 0 Å². The van der Waals surface area contributed by atoms with E-state index in [2.05, 4.69) is 4.90 Å². The van der Waals surface area contributed by atoms with E-state index in [1.807, 2.05) is 0 Å². The van der Waals surface area contributed by atoms with Gasteiger partial charge in [-0.05, 0) is 19.4 Å². The minimum Gasteiger partial charge on any atom is -0.385 e. The minimum atomic E-state index is 0.378. The Labute approximate surface area is 86.3 Å². The average molecular weight is 202 g/mol. The lowest BCUT2D eigenvalue weighted by molar-refractivity contribution is 0.0883. The van der Waals surface area contributed by atoms with Gasteiger partial charge in [0.15, 0.2) is 0 Å². The smallest absolute Gasteiger partial charge is 0.0593 e. The Bertz CT molecular complexity index is 144. The molecular formula is C10H22N2O2. The minimum absolute atomic E-state index is 0.378. The van der Waals surface area contributed by atoms with Crippen LogP contribution >= 0.6 is 0 Å². The van der Waals surface area contributed by atoms with Crippen LogP contribution in [0.1, 0.15) is 12.8 Å². The third-order valence-electron chi connectivity index (χ3n) is 2.50. The number of ether oxygens (including phenoxy) is 2. The lowest BCUT2D eigenvalue weighted by Gasteiger charge is -2.14. The topological polar surface area (TPSA) is 47.7 Å². The lowest BCUT2D eigenvalue weighted by Crippen LogP contribution is -2.29. The molecule has 0 radical (unpaired) electrons. The molecule has 0 saturated carbocycles. The zero-order valence-electron chi connectivity index (χ0n) is 9.08. The number of hydrogen-bond donors (Lipinski definition) is 1. The highest BCUT2D eigenvalue weighted by atomic mass is 16.5. The first-order valence-corrected chi connectivity index (χ1v) is 5.37. The summed E-state index contributed by atoms with van der Waals surface area (Å²) in [5.41, 5.74) is 5.80. The van der Waals surface area contributed by atoms with E-state index in [4.69, 9.17) is 15.2 Å². The molecule has 84 valence electrons. The van der Waals surface area contributed by atoms with Gasteiger partial charge in [0.05, 0.1) is 6.61 Å². The summed E-state index contributed by atoms with van der Waals surface area (Å²) in [6, 6.07) is 0.378. The molecular weight excluding hydrogens is 180 g/mol. The summed E-state index contributed by atoms with van der Waals surface area (Å²) in [6.07, 6.45) is 2.11. The Morgan fingerprint density at radius 3 is 2.86 bits per heavy atom. The number of nitrogens with zero attached hydrogens (tertiary/aromatic N) is 1. The monoisotopic (exact) mass is 202 g/mol. The molecule has 4 heteroatoms. The highest BCUT2D eigenvalue weighted by Crippen LogP contribution is 2.05. The molecule has 0 aliphatic carbocycles. The predicted molar refractivity (Wildman–Crippen MR) is 56.3 cm³/mol. The van der Waals surface area contributed by atoms with Crippen molar-refractivity contribution in [2.45, 2.75) is 18.9 Å². The molecule has 1 saturated heterocycles. The standard InChI is InChI=1S/C10H22N2O2/c1-13-6-2-7-14-8-5-12-4-3-10(11)9-12/h10H,2-9,11H2,1H3/t10-/m1/s1. The summed E-state index contributed by atoms with van der Waals surface area (Å²) < 4.78 is 10.4. The number of nitrogens with two attached hydrogens (primary N) is 1. The van der Waals surface area contributed by atoms with Crippen LogP contribution in [0.15, 0.2) is 0 Å². The van der Waals surface area contributed by atoms with Gasteiger partial charge in [-0.1, -0.05) is 0 Å². The third kappa shape index (κ3) is 4.91. The molecule has 14 heavy (non-hydrogen) atoms. The quantitative estimate of drug-likeness (QED) is 0.594. The maximum atomic E-state index is 5.80. The summed E-state index contributed by atoms with van der Waals surface area (Å²) in [6.45, 7) is 5.57. The zero-order valence-corrected chi connectivity index (χ0v) is 9.08. The lowest BCUT2D eigenvalue weighted by atomic mass is 10.3. The molecule has 0 spiro atoms. The van der Waals surface area contributed by atoms with E-state index in [-0.39, 0.29) is 0 Å². The Kier molecular flexibility index (Phi) is 6.10. The van der Waals surface area contributed by atoms with Crippen molar-refractivity contribution in [3.8, 4) is 0 Å². The summed E-state index contributed by atoms with van der Waals surface area (Å²) in [4.78, 5) is 2.36. The Morgan fingerprint density at radius 2 is 2.21 bits per heavy atom. The molecule has 2 N–H and O–H groups in total. The van der Waals surface area contributed by atoms with Crippen molar-refractivity contribution in [1.82, 2.24) is 4.90 Å². The van der Waals surface area contributed by atoms with Crippen molar-refractivity contribution < 1.29 is 9.47 Å². The molecule has 0 aromatic carbocycles. The van der Waals surface area contributed by atoms with Crippen LogP contribution in [0.3, 0.4) is 0 Å². The van der Waals surface area contributed by atoms with Gasteiger partial charge in [0.1, 0.15) is 0 Å². The Hall–Kier alpha value is -0.160. The second-order valence-corrected chi connectivity index (χ2v) is 3.81. The molecule has 0 unspecified atom stereocenters. The van der Waals surface area contributed by atoms with Crippen molar-refractivity contribution in [3.63, 3.8) is 0 Å². The van der Waals surface area contributed by atoms with Gasteiger partial charge in [-0.25, -0.2) is 0 Å². The molecule has 0 amide bonds. The van der Waals surface area contributed by atoms with Crippen LogP contribution < -0.4 is 5.73 Å². The van der Waals surface area contributed by atoms with Gasteiger partial charge in [0.25, 0.3) is 0 Å². The molecule has 1 atom stereocenters. The fourth-order valence-corrected chi connectivity index (χ4v) is 1.67. The molecule has 0 bridgehead atoms. The first kappa shape index (κ1) is 11.9. The Morgan fingerprint density at radius 1 is 1.36 bits per heavy atom. The fraction of sp³-hybridized carbons (Fsp3) is 1.00. The van der Waals surface area contributed by atoms with Crippen LogP contribution in [-0.4, -0.2) is 57.5 Å². The second-order valence-electron chi connectivity index (χ2n) is 3.81. The first-order valence-electron chi connectivity index (χ1n) is 5.37. The van der Waals surface area contributed by atoms with Crippen LogP contribution in [0.5, 0.6) is 0 Å². The number of methoxy groups -OCH3 is 1. The van der Waals surface area contributed by atoms with E-state index in [0.29, 0.717) is 6.04 Å². The molecule has 1 heterocycles. The van der Waals surface area contributed by atoms with E-state index >= 15 is 0 Å². The van der Waals surface area contributed by atoms with Crippen LogP contribution in [0.4, 0.5) is 0 Å². The van der Waals surface area contributed by atoms with Gasteiger partial charge in [0, 0.05) is 39.5 Å².